The van der Waals surface area contributed by atoms with Crippen LogP contribution in [0.15, 0.2) is 24.3 Å². The molecular weight excluding hydrogens is 378 g/mol. The lowest BCUT2D eigenvalue weighted by Crippen LogP contribution is -2.46. The summed E-state index contributed by atoms with van der Waals surface area (Å²) in [6, 6.07) is 4.55. The minimum atomic E-state index is -4.30. The lowest BCUT2D eigenvalue weighted by molar-refractivity contribution is -0.148. The molecule has 1 atom stereocenters. The molecule has 0 saturated carbocycles. The summed E-state index contributed by atoms with van der Waals surface area (Å²) in [7, 11) is 0. The van der Waals surface area contributed by atoms with Crippen LogP contribution in [0, 0.1) is 0 Å². The van der Waals surface area contributed by atoms with Gasteiger partial charge in [0.2, 0.25) is 0 Å². The van der Waals surface area contributed by atoms with Crippen LogP contribution in [0.5, 0.6) is 5.75 Å². The first-order valence-electron chi connectivity index (χ1n) is 6.91. The van der Waals surface area contributed by atoms with Crippen molar-refractivity contribution in [3.05, 3.63) is 29.8 Å². The van der Waals surface area contributed by atoms with Crippen LogP contribution in [-0.4, -0.2) is 43.9 Å². The monoisotopic (exact) mass is 396 g/mol. The molecule has 0 spiro atoms. The van der Waals surface area contributed by atoms with Gasteiger partial charge in [0, 0.05) is 32.2 Å². The average Bonchev–Trinajstić information content (AvgIpc) is 2.45. The quantitative estimate of drug-likeness (QED) is 0.760. The molecule has 0 amide bonds. The third-order valence-corrected chi connectivity index (χ3v) is 3.51. The zero-order chi connectivity index (χ0) is 16.2. The highest BCUT2D eigenvalue weighted by atomic mass is 35.5. The Bertz CT molecular complexity index is 467. The summed E-state index contributed by atoms with van der Waals surface area (Å²) in [4.78, 5) is 1.76. The number of rotatable bonds is 5. The second-order valence-corrected chi connectivity index (χ2v) is 5.07. The van der Waals surface area contributed by atoms with Crippen molar-refractivity contribution in [3.8, 4) is 5.75 Å². The van der Waals surface area contributed by atoms with Crippen LogP contribution in [0.1, 0.15) is 18.0 Å². The van der Waals surface area contributed by atoms with Gasteiger partial charge in [-0.3, -0.25) is 4.90 Å². The van der Waals surface area contributed by atoms with Crippen molar-refractivity contribution < 1.29 is 26.7 Å². The minimum absolute atomic E-state index is 0. The maximum Gasteiger partial charge on any atom is 0.390 e. The second kappa shape index (κ2) is 10.2. The van der Waals surface area contributed by atoms with Crippen LogP contribution in [0.2, 0.25) is 0 Å². The van der Waals surface area contributed by atoms with Crippen LogP contribution in [0.25, 0.3) is 0 Å². The molecule has 0 bridgehead atoms. The molecule has 24 heavy (non-hydrogen) atoms. The molecule has 140 valence electrons. The lowest BCUT2D eigenvalue weighted by Gasteiger charge is -2.35. The SMILES string of the molecule is Cl.Cl.FC(F)Oc1ccc([C@@H](CC(F)(F)F)N2CCNCC2)cc1. The van der Waals surface area contributed by atoms with Gasteiger partial charge in [-0.05, 0) is 17.7 Å². The van der Waals surface area contributed by atoms with Gasteiger partial charge in [-0.2, -0.15) is 22.0 Å². The summed E-state index contributed by atoms with van der Waals surface area (Å²) < 4.78 is 66.9. The Labute approximate surface area is 149 Å². The van der Waals surface area contributed by atoms with Crippen LogP contribution in [0.4, 0.5) is 22.0 Å². The Morgan fingerprint density at radius 1 is 1.04 bits per heavy atom. The Hall–Kier alpha value is -0.830. The zero-order valence-corrected chi connectivity index (χ0v) is 14.2. The van der Waals surface area contributed by atoms with Crippen molar-refractivity contribution in [3.63, 3.8) is 0 Å². The van der Waals surface area contributed by atoms with E-state index >= 15 is 0 Å². The first kappa shape index (κ1) is 23.2. The van der Waals surface area contributed by atoms with Gasteiger partial charge in [0.1, 0.15) is 5.75 Å². The highest BCUT2D eigenvalue weighted by Crippen LogP contribution is 2.34. The van der Waals surface area contributed by atoms with E-state index < -0.39 is 25.3 Å². The Balaban J connectivity index is 0.00000264. The molecule has 1 heterocycles. The summed E-state index contributed by atoms with van der Waals surface area (Å²) in [5.74, 6) is -0.0650. The molecule has 1 fully saturated rings. The van der Waals surface area contributed by atoms with E-state index in [9.17, 15) is 22.0 Å². The molecule has 1 aliphatic rings. The molecule has 1 N–H and O–H groups in total. The Morgan fingerprint density at radius 2 is 1.58 bits per heavy atom. The number of hydrogen-bond donors (Lipinski definition) is 1. The smallest absolute Gasteiger partial charge is 0.390 e. The predicted octanol–water partition coefficient (Wildman–Crippen LogP) is 4.03. The van der Waals surface area contributed by atoms with Crippen molar-refractivity contribution in [2.75, 3.05) is 26.2 Å². The largest absolute Gasteiger partial charge is 0.435 e. The van der Waals surface area contributed by atoms with Gasteiger partial charge in [0.25, 0.3) is 0 Å². The van der Waals surface area contributed by atoms with Crippen LogP contribution in [0.3, 0.4) is 0 Å². The normalized spacial score (nSPS) is 16.9. The maximum atomic E-state index is 12.8. The molecule has 10 heteroatoms. The van der Waals surface area contributed by atoms with Crippen LogP contribution >= 0.6 is 24.8 Å². The van der Waals surface area contributed by atoms with Gasteiger partial charge in [-0.25, -0.2) is 0 Å². The lowest BCUT2D eigenvalue weighted by atomic mass is 10.0. The molecule has 1 saturated heterocycles. The number of halogens is 7. The van der Waals surface area contributed by atoms with E-state index in [4.69, 9.17) is 0 Å². The van der Waals surface area contributed by atoms with E-state index in [0.717, 1.165) is 0 Å². The number of alkyl halides is 5. The molecular formula is C14H19Cl2F5N2O. The third kappa shape index (κ3) is 7.38. The van der Waals surface area contributed by atoms with Gasteiger partial charge in [0.05, 0.1) is 6.42 Å². The van der Waals surface area contributed by atoms with E-state index in [1.165, 1.54) is 24.3 Å². The van der Waals surface area contributed by atoms with E-state index in [2.05, 4.69) is 10.1 Å². The molecule has 1 aromatic carbocycles. The number of hydrogen-bond acceptors (Lipinski definition) is 3. The van der Waals surface area contributed by atoms with Crippen LogP contribution in [-0.2, 0) is 0 Å². The minimum Gasteiger partial charge on any atom is -0.435 e. The molecule has 0 aliphatic carbocycles. The summed E-state index contributed by atoms with van der Waals surface area (Å²) in [6.45, 7) is -0.682. The molecule has 3 nitrogen and oxygen atoms in total. The summed E-state index contributed by atoms with van der Waals surface area (Å²) in [5, 5.41) is 3.09. The van der Waals surface area contributed by atoms with Crippen LogP contribution < -0.4 is 10.1 Å². The van der Waals surface area contributed by atoms with Gasteiger partial charge < -0.3 is 10.1 Å². The van der Waals surface area contributed by atoms with E-state index in [1.807, 2.05) is 0 Å². The van der Waals surface area contributed by atoms with Crippen molar-refractivity contribution in [1.82, 2.24) is 10.2 Å². The van der Waals surface area contributed by atoms with E-state index in [-0.39, 0.29) is 30.6 Å². The number of benzene rings is 1. The highest BCUT2D eigenvalue weighted by Gasteiger charge is 2.35. The van der Waals surface area contributed by atoms with Gasteiger partial charge in [-0.1, -0.05) is 12.1 Å². The number of nitrogens with zero attached hydrogens (tertiary/aromatic N) is 1. The molecule has 0 unspecified atom stereocenters. The second-order valence-electron chi connectivity index (χ2n) is 5.07. The summed E-state index contributed by atoms with van der Waals surface area (Å²) >= 11 is 0. The standard InChI is InChI=1S/C14H17F5N2O.2ClH/c15-13(16)22-11-3-1-10(2-4-11)12(9-14(17,18)19)21-7-5-20-6-8-21;;/h1-4,12-13,20H,5-9H2;2*1H/t12-;;/m1../s1. The van der Waals surface area contributed by atoms with E-state index in [0.29, 0.717) is 31.7 Å². The first-order valence-corrected chi connectivity index (χ1v) is 6.91. The highest BCUT2D eigenvalue weighted by molar-refractivity contribution is 5.85. The molecule has 0 radical (unpaired) electrons. The van der Waals surface area contributed by atoms with Crippen molar-refractivity contribution in [1.29, 1.82) is 0 Å². The predicted molar refractivity (Wildman–Crippen MR) is 85.4 cm³/mol. The third-order valence-electron chi connectivity index (χ3n) is 3.51. The first-order chi connectivity index (χ1) is 10.3. The van der Waals surface area contributed by atoms with Gasteiger partial charge >= 0.3 is 12.8 Å². The topological polar surface area (TPSA) is 24.5 Å². The Morgan fingerprint density at radius 3 is 2.04 bits per heavy atom. The van der Waals surface area contributed by atoms with Crippen molar-refractivity contribution in [2.45, 2.75) is 25.3 Å². The zero-order valence-electron chi connectivity index (χ0n) is 12.6. The molecule has 1 aliphatic heterocycles. The number of piperazine rings is 1. The molecule has 0 aromatic heterocycles. The fourth-order valence-electron chi connectivity index (χ4n) is 2.54. The Kier molecular flexibility index (Phi) is 9.87. The van der Waals surface area contributed by atoms with Gasteiger partial charge in [-0.15, -0.1) is 24.8 Å². The number of nitrogens with one attached hydrogen (secondary N) is 1. The van der Waals surface area contributed by atoms with Gasteiger partial charge in [0.15, 0.2) is 0 Å². The molecule has 2 rings (SSSR count). The fraction of sp³-hybridized carbons (Fsp3) is 0.571. The van der Waals surface area contributed by atoms with Crippen molar-refractivity contribution >= 4 is 24.8 Å². The summed E-state index contributed by atoms with van der Waals surface area (Å²) in [6.07, 6.45) is -5.27. The number of ether oxygens (including phenoxy) is 1. The summed E-state index contributed by atoms with van der Waals surface area (Å²) in [5.41, 5.74) is 0.445. The van der Waals surface area contributed by atoms with E-state index in [1.54, 1.807) is 4.90 Å². The molecule has 1 aromatic rings. The van der Waals surface area contributed by atoms with Crippen molar-refractivity contribution in [2.24, 2.45) is 0 Å². The average molecular weight is 397 g/mol. The fourth-order valence-corrected chi connectivity index (χ4v) is 2.54. The maximum absolute atomic E-state index is 12.8.